The van der Waals surface area contributed by atoms with E-state index in [-0.39, 0.29) is 5.91 Å². The molecule has 0 fully saturated rings. The van der Waals surface area contributed by atoms with Gasteiger partial charge in [-0.1, -0.05) is 0 Å². The average molecular weight is 237 g/mol. The number of nitrogens with zero attached hydrogens (tertiary/aromatic N) is 2. The number of hydrogen-bond acceptors (Lipinski definition) is 3. The normalized spacial score (nSPS) is 13.8. The fourth-order valence-corrected chi connectivity index (χ4v) is 2.30. The molecule has 1 aliphatic rings. The molecule has 1 aromatic rings. The van der Waals surface area contributed by atoms with Gasteiger partial charge in [-0.05, 0) is 25.7 Å². The quantitative estimate of drug-likeness (QED) is 0.766. The Bertz CT molecular complexity index is 412. The number of ether oxygens (including phenoxy) is 1. The highest BCUT2D eigenvalue weighted by Gasteiger charge is 2.24. The molecule has 1 heterocycles. The van der Waals surface area contributed by atoms with Crippen molar-refractivity contribution in [1.29, 1.82) is 0 Å². The zero-order valence-corrected chi connectivity index (χ0v) is 10.5. The van der Waals surface area contributed by atoms with Gasteiger partial charge in [0.25, 0.3) is 5.91 Å². The van der Waals surface area contributed by atoms with Crippen molar-refractivity contribution in [3.63, 3.8) is 0 Å². The predicted octanol–water partition coefficient (Wildman–Crippen LogP) is 0.675. The summed E-state index contributed by atoms with van der Waals surface area (Å²) in [5.74, 6) is -0.0557. The molecule has 0 saturated carbocycles. The summed E-state index contributed by atoms with van der Waals surface area (Å²) in [4.78, 5) is 12.0. The first-order chi connectivity index (χ1) is 8.24. The van der Waals surface area contributed by atoms with Crippen LogP contribution in [0.2, 0.25) is 0 Å². The molecule has 0 saturated heterocycles. The first kappa shape index (κ1) is 12.1. The standard InChI is InChI=1S/C12H19N3O2/c1-15-10-6-3-5-9(10)11(14-15)12(16)13-7-4-8-17-2/h3-8H2,1-2H3,(H,13,16). The van der Waals surface area contributed by atoms with Crippen LogP contribution in [0.15, 0.2) is 0 Å². The third-order valence-corrected chi connectivity index (χ3v) is 3.14. The lowest BCUT2D eigenvalue weighted by Crippen LogP contribution is -2.26. The van der Waals surface area contributed by atoms with Gasteiger partial charge < -0.3 is 10.1 Å². The van der Waals surface area contributed by atoms with E-state index in [4.69, 9.17) is 4.74 Å². The van der Waals surface area contributed by atoms with Gasteiger partial charge in [0, 0.05) is 38.6 Å². The Kier molecular flexibility index (Phi) is 3.78. The molecule has 5 nitrogen and oxygen atoms in total. The zero-order valence-electron chi connectivity index (χ0n) is 10.5. The largest absolute Gasteiger partial charge is 0.385 e. The lowest BCUT2D eigenvalue weighted by atomic mass is 10.2. The van der Waals surface area contributed by atoms with Crippen LogP contribution in [0, 0.1) is 0 Å². The average Bonchev–Trinajstić information content (AvgIpc) is 2.89. The van der Waals surface area contributed by atoms with Crippen LogP contribution in [0.25, 0.3) is 0 Å². The molecular weight excluding hydrogens is 218 g/mol. The van der Waals surface area contributed by atoms with E-state index in [9.17, 15) is 4.79 Å². The highest BCUT2D eigenvalue weighted by atomic mass is 16.5. The third kappa shape index (κ3) is 2.49. The second-order valence-electron chi connectivity index (χ2n) is 4.35. The van der Waals surface area contributed by atoms with Crippen LogP contribution in [-0.4, -0.2) is 35.9 Å². The summed E-state index contributed by atoms with van der Waals surface area (Å²) in [7, 11) is 3.57. The maximum absolute atomic E-state index is 12.0. The molecule has 0 unspecified atom stereocenters. The van der Waals surface area contributed by atoms with Crippen molar-refractivity contribution in [3.05, 3.63) is 17.0 Å². The number of aryl methyl sites for hydroxylation is 1. The van der Waals surface area contributed by atoms with E-state index in [0.717, 1.165) is 31.2 Å². The first-order valence-electron chi connectivity index (χ1n) is 6.06. The third-order valence-electron chi connectivity index (χ3n) is 3.14. The Morgan fingerprint density at radius 1 is 1.53 bits per heavy atom. The minimum absolute atomic E-state index is 0.0557. The fraction of sp³-hybridized carbons (Fsp3) is 0.667. The van der Waals surface area contributed by atoms with Crippen molar-refractivity contribution in [1.82, 2.24) is 15.1 Å². The molecule has 1 aromatic heterocycles. The van der Waals surface area contributed by atoms with Gasteiger partial charge in [-0.2, -0.15) is 5.10 Å². The van der Waals surface area contributed by atoms with Gasteiger partial charge in [0.2, 0.25) is 0 Å². The van der Waals surface area contributed by atoms with Crippen LogP contribution in [0.5, 0.6) is 0 Å². The molecule has 17 heavy (non-hydrogen) atoms. The van der Waals surface area contributed by atoms with Gasteiger partial charge in [-0.15, -0.1) is 0 Å². The topological polar surface area (TPSA) is 56.1 Å². The summed E-state index contributed by atoms with van der Waals surface area (Å²) in [6.45, 7) is 1.30. The number of methoxy groups -OCH3 is 1. The maximum atomic E-state index is 12.0. The molecule has 2 rings (SSSR count). The van der Waals surface area contributed by atoms with Gasteiger partial charge >= 0.3 is 0 Å². The number of carbonyl (C=O) groups excluding carboxylic acids is 1. The van der Waals surface area contributed by atoms with Gasteiger partial charge in [0.15, 0.2) is 5.69 Å². The van der Waals surface area contributed by atoms with E-state index in [1.165, 1.54) is 5.69 Å². The second kappa shape index (κ2) is 5.31. The zero-order chi connectivity index (χ0) is 12.3. The molecule has 1 amide bonds. The highest BCUT2D eigenvalue weighted by Crippen LogP contribution is 2.24. The van der Waals surface area contributed by atoms with Crippen LogP contribution in [-0.2, 0) is 24.6 Å². The number of carbonyl (C=O) groups is 1. The predicted molar refractivity (Wildman–Crippen MR) is 64.1 cm³/mol. The Morgan fingerprint density at radius 2 is 2.35 bits per heavy atom. The Balaban J connectivity index is 1.98. The molecule has 0 aliphatic heterocycles. The molecule has 0 spiro atoms. The Hall–Kier alpha value is -1.36. The highest BCUT2D eigenvalue weighted by molar-refractivity contribution is 5.94. The minimum Gasteiger partial charge on any atom is -0.385 e. The smallest absolute Gasteiger partial charge is 0.272 e. The van der Waals surface area contributed by atoms with E-state index >= 15 is 0 Å². The van der Waals surface area contributed by atoms with Crippen molar-refractivity contribution in [2.45, 2.75) is 25.7 Å². The Morgan fingerprint density at radius 3 is 3.12 bits per heavy atom. The van der Waals surface area contributed by atoms with Crippen molar-refractivity contribution >= 4 is 5.91 Å². The van der Waals surface area contributed by atoms with Gasteiger partial charge in [-0.25, -0.2) is 0 Å². The van der Waals surface area contributed by atoms with Crippen molar-refractivity contribution < 1.29 is 9.53 Å². The summed E-state index contributed by atoms with van der Waals surface area (Å²) in [6.07, 6.45) is 3.97. The van der Waals surface area contributed by atoms with E-state index < -0.39 is 0 Å². The molecule has 0 radical (unpaired) electrons. The Labute approximate surface area is 101 Å². The summed E-state index contributed by atoms with van der Waals surface area (Å²) in [5.41, 5.74) is 2.96. The van der Waals surface area contributed by atoms with Crippen LogP contribution in [0.4, 0.5) is 0 Å². The second-order valence-corrected chi connectivity index (χ2v) is 4.35. The van der Waals surface area contributed by atoms with Crippen molar-refractivity contribution in [2.75, 3.05) is 20.3 Å². The number of aromatic nitrogens is 2. The van der Waals surface area contributed by atoms with Gasteiger partial charge in [0.1, 0.15) is 0 Å². The summed E-state index contributed by atoms with van der Waals surface area (Å²) < 4.78 is 6.78. The number of amides is 1. The van der Waals surface area contributed by atoms with Crippen molar-refractivity contribution in [3.8, 4) is 0 Å². The van der Waals surface area contributed by atoms with E-state index in [1.807, 2.05) is 11.7 Å². The molecular formula is C12H19N3O2. The monoisotopic (exact) mass is 237 g/mol. The molecule has 0 aromatic carbocycles. The summed E-state index contributed by atoms with van der Waals surface area (Å²) in [5, 5.41) is 7.19. The minimum atomic E-state index is -0.0557. The fourth-order valence-electron chi connectivity index (χ4n) is 2.30. The van der Waals surface area contributed by atoms with Gasteiger partial charge in [-0.3, -0.25) is 9.48 Å². The molecule has 0 bridgehead atoms. The lowest BCUT2D eigenvalue weighted by molar-refractivity contribution is 0.0942. The molecule has 1 aliphatic carbocycles. The SMILES string of the molecule is COCCCNC(=O)c1nn(C)c2c1CCC2. The van der Waals surface area contributed by atoms with E-state index in [0.29, 0.717) is 18.8 Å². The summed E-state index contributed by atoms with van der Waals surface area (Å²) >= 11 is 0. The van der Waals surface area contributed by atoms with Gasteiger partial charge in [0.05, 0.1) is 0 Å². The first-order valence-corrected chi connectivity index (χ1v) is 6.06. The number of nitrogens with one attached hydrogen (secondary N) is 1. The lowest BCUT2D eigenvalue weighted by Gasteiger charge is -2.03. The van der Waals surface area contributed by atoms with E-state index in [1.54, 1.807) is 7.11 Å². The van der Waals surface area contributed by atoms with E-state index in [2.05, 4.69) is 10.4 Å². The molecule has 94 valence electrons. The molecule has 1 N–H and O–H groups in total. The van der Waals surface area contributed by atoms with Crippen LogP contribution in [0.1, 0.15) is 34.6 Å². The van der Waals surface area contributed by atoms with Crippen LogP contribution >= 0.6 is 0 Å². The number of rotatable bonds is 5. The number of hydrogen-bond donors (Lipinski definition) is 1. The molecule has 5 heteroatoms. The maximum Gasteiger partial charge on any atom is 0.272 e. The summed E-state index contributed by atoms with van der Waals surface area (Å²) in [6, 6.07) is 0. The molecule has 0 atom stereocenters. The van der Waals surface area contributed by atoms with Crippen LogP contribution in [0.3, 0.4) is 0 Å². The number of fused-ring (bicyclic) bond motifs is 1. The van der Waals surface area contributed by atoms with Crippen molar-refractivity contribution in [2.24, 2.45) is 7.05 Å². The van der Waals surface area contributed by atoms with Crippen LogP contribution < -0.4 is 5.32 Å².